The summed E-state index contributed by atoms with van der Waals surface area (Å²) in [6.45, 7) is 3.38. The van der Waals surface area contributed by atoms with Crippen LogP contribution in [0.25, 0.3) is 0 Å². The molecule has 1 heterocycles. The molecule has 4 atom stereocenters. The summed E-state index contributed by atoms with van der Waals surface area (Å²) in [6, 6.07) is 14.2. The lowest BCUT2D eigenvalue weighted by Crippen LogP contribution is -2.45. The summed E-state index contributed by atoms with van der Waals surface area (Å²) < 4.78 is 15.3. The summed E-state index contributed by atoms with van der Waals surface area (Å²) in [4.78, 5) is 12.7. The summed E-state index contributed by atoms with van der Waals surface area (Å²) in [7, 11) is 4.47. The van der Waals surface area contributed by atoms with Crippen LogP contribution in [0.4, 0.5) is 0 Å². The van der Waals surface area contributed by atoms with Crippen molar-refractivity contribution in [3.05, 3.63) is 70.6 Å². The van der Waals surface area contributed by atoms with Crippen molar-refractivity contribution in [1.29, 1.82) is 0 Å². The highest BCUT2D eigenvalue weighted by Crippen LogP contribution is 2.52. The molecule has 4 unspecified atom stereocenters. The number of hydrogen-bond donors (Lipinski definition) is 2. The van der Waals surface area contributed by atoms with Crippen molar-refractivity contribution in [2.24, 2.45) is 5.92 Å². The molecule has 0 spiro atoms. The van der Waals surface area contributed by atoms with Gasteiger partial charge in [0.25, 0.3) is 0 Å². The van der Waals surface area contributed by atoms with Crippen LogP contribution in [0.3, 0.4) is 0 Å². The van der Waals surface area contributed by atoms with Crippen molar-refractivity contribution in [2.75, 3.05) is 21.3 Å². The summed E-state index contributed by atoms with van der Waals surface area (Å²) in [5, 5.41) is 22.7. The second kappa shape index (κ2) is 8.94. The molecule has 0 amide bonds. The van der Waals surface area contributed by atoms with Crippen LogP contribution in [0.15, 0.2) is 59.5 Å². The summed E-state index contributed by atoms with van der Waals surface area (Å²) in [6.07, 6.45) is 1.70. The number of thioether (sulfide) groups is 1. The lowest BCUT2D eigenvalue weighted by Gasteiger charge is -2.40. The summed E-state index contributed by atoms with van der Waals surface area (Å²) in [5.74, 6) is 0.285. The van der Waals surface area contributed by atoms with E-state index in [1.54, 1.807) is 82.7 Å². The van der Waals surface area contributed by atoms with E-state index in [2.05, 4.69) is 0 Å². The zero-order valence-corrected chi connectivity index (χ0v) is 19.1. The van der Waals surface area contributed by atoms with Crippen molar-refractivity contribution in [3.8, 4) is 11.5 Å². The van der Waals surface area contributed by atoms with Crippen molar-refractivity contribution in [2.45, 2.75) is 30.3 Å². The van der Waals surface area contributed by atoms with Crippen LogP contribution < -0.4 is 9.47 Å². The zero-order valence-electron chi connectivity index (χ0n) is 18.3. The molecule has 1 aliphatic heterocycles. The molecule has 0 saturated heterocycles. The van der Waals surface area contributed by atoms with Gasteiger partial charge in [-0.3, -0.25) is 0 Å². The van der Waals surface area contributed by atoms with Crippen LogP contribution in [-0.4, -0.2) is 42.8 Å². The highest BCUT2D eigenvalue weighted by molar-refractivity contribution is 8.04. The van der Waals surface area contributed by atoms with Crippen molar-refractivity contribution in [1.82, 2.24) is 0 Å². The number of rotatable bonds is 7. The fourth-order valence-corrected chi connectivity index (χ4v) is 5.39. The molecule has 2 N–H and O–H groups in total. The van der Waals surface area contributed by atoms with Crippen LogP contribution >= 0.6 is 11.8 Å². The van der Waals surface area contributed by atoms with E-state index in [-0.39, 0.29) is 0 Å². The van der Waals surface area contributed by atoms with Crippen molar-refractivity contribution >= 4 is 17.7 Å². The number of benzene rings is 2. The molecule has 1 aliphatic rings. The Labute approximate surface area is 186 Å². The Morgan fingerprint density at radius 1 is 0.839 bits per heavy atom. The minimum Gasteiger partial charge on any atom is -0.497 e. The average Bonchev–Trinajstić information content (AvgIpc) is 3.26. The first kappa shape index (κ1) is 23.2. The maximum absolute atomic E-state index is 12.3. The van der Waals surface area contributed by atoms with E-state index < -0.39 is 28.3 Å². The molecule has 0 radical (unpaired) electrons. The molecular formula is C24H28O6S. The Morgan fingerprint density at radius 3 is 1.71 bits per heavy atom. The van der Waals surface area contributed by atoms with Gasteiger partial charge in [-0.25, -0.2) is 4.79 Å². The van der Waals surface area contributed by atoms with E-state index >= 15 is 0 Å². The van der Waals surface area contributed by atoms with Crippen molar-refractivity contribution < 1.29 is 29.2 Å². The van der Waals surface area contributed by atoms with E-state index in [0.717, 1.165) is 0 Å². The molecule has 166 valence electrons. The Hall–Kier alpha value is -2.48. The first-order chi connectivity index (χ1) is 14.6. The minimum absolute atomic E-state index is 0.361. The largest absolute Gasteiger partial charge is 0.497 e. The van der Waals surface area contributed by atoms with E-state index in [1.165, 1.54) is 18.9 Å². The van der Waals surface area contributed by atoms with Gasteiger partial charge in [-0.1, -0.05) is 30.3 Å². The average molecular weight is 445 g/mol. The van der Waals surface area contributed by atoms with Gasteiger partial charge in [0.2, 0.25) is 0 Å². The van der Waals surface area contributed by atoms with Crippen LogP contribution in [0.1, 0.15) is 25.0 Å². The predicted octanol–water partition coefficient (Wildman–Crippen LogP) is 3.61. The maximum atomic E-state index is 12.3. The number of carbonyl (C=O) groups excluding carboxylic acids is 1. The molecule has 2 aromatic rings. The summed E-state index contributed by atoms with van der Waals surface area (Å²) >= 11 is 1.21. The third kappa shape index (κ3) is 4.44. The number of aliphatic hydroxyl groups is 2. The molecule has 0 saturated carbocycles. The molecule has 31 heavy (non-hydrogen) atoms. The lowest BCUT2D eigenvalue weighted by atomic mass is 9.74. The maximum Gasteiger partial charge on any atom is 0.344 e. The second-order valence-corrected chi connectivity index (χ2v) is 9.02. The van der Waals surface area contributed by atoms with Crippen LogP contribution in [0.5, 0.6) is 11.5 Å². The molecule has 6 nitrogen and oxygen atoms in total. The Morgan fingerprint density at radius 2 is 1.29 bits per heavy atom. The first-order valence-electron chi connectivity index (χ1n) is 9.85. The fourth-order valence-electron chi connectivity index (χ4n) is 3.85. The molecule has 7 heteroatoms. The summed E-state index contributed by atoms with van der Waals surface area (Å²) in [5.41, 5.74) is -1.42. The topological polar surface area (TPSA) is 85.2 Å². The molecule has 2 aromatic carbocycles. The van der Waals surface area contributed by atoms with Gasteiger partial charge < -0.3 is 24.4 Å². The zero-order chi connectivity index (χ0) is 22.8. The third-order valence-corrected chi connectivity index (χ3v) is 7.41. The molecular weight excluding hydrogens is 416 g/mol. The fraction of sp³-hybridized carbons (Fsp3) is 0.375. The number of hydrogen-bond acceptors (Lipinski definition) is 7. The van der Waals surface area contributed by atoms with Gasteiger partial charge in [0.05, 0.1) is 42.7 Å². The quantitative estimate of drug-likeness (QED) is 0.631. The smallest absolute Gasteiger partial charge is 0.344 e. The highest BCUT2D eigenvalue weighted by Gasteiger charge is 2.51. The Bertz CT molecular complexity index is 947. The van der Waals surface area contributed by atoms with Crippen LogP contribution in [-0.2, 0) is 20.7 Å². The van der Waals surface area contributed by atoms with Gasteiger partial charge in [0, 0.05) is 5.92 Å². The highest BCUT2D eigenvalue weighted by atomic mass is 32.2. The van der Waals surface area contributed by atoms with Gasteiger partial charge in [0.1, 0.15) is 11.5 Å². The van der Waals surface area contributed by atoms with Crippen molar-refractivity contribution in [3.63, 3.8) is 0 Å². The lowest BCUT2D eigenvalue weighted by molar-refractivity contribution is -0.135. The second-order valence-electron chi connectivity index (χ2n) is 7.84. The number of methoxy groups -OCH3 is 3. The number of ether oxygens (including phenoxy) is 3. The predicted molar refractivity (Wildman–Crippen MR) is 120 cm³/mol. The molecule has 3 rings (SSSR count). The molecule has 0 aliphatic carbocycles. The van der Waals surface area contributed by atoms with E-state index in [4.69, 9.17) is 14.2 Å². The SMILES string of the molecule is COC(=O)C1=CC(C(C)(O)c2ccc(OC)cc2)C(C(C)(O)c2ccc(OC)cc2)S1. The van der Waals surface area contributed by atoms with Gasteiger partial charge in [-0.15, -0.1) is 11.8 Å². The van der Waals surface area contributed by atoms with Crippen LogP contribution in [0, 0.1) is 5.92 Å². The molecule has 0 aromatic heterocycles. The Balaban J connectivity index is 2.03. The van der Waals surface area contributed by atoms with Crippen LogP contribution in [0.2, 0.25) is 0 Å². The third-order valence-electron chi connectivity index (χ3n) is 5.85. The molecule has 0 bridgehead atoms. The van der Waals surface area contributed by atoms with Gasteiger partial charge in [-0.2, -0.15) is 0 Å². The van der Waals surface area contributed by atoms with E-state index in [1.807, 2.05) is 0 Å². The monoisotopic (exact) mass is 444 g/mol. The normalized spacial score (nSPS) is 22.1. The first-order valence-corrected chi connectivity index (χ1v) is 10.7. The minimum atomic E-state index is -1.36. The van der Waals surface area contributed by atoms with E-state index in [0.29, 0.717) is 27.5 Å². The van der Waals surface area contributed by atoms with E-state index in [9.17, 15) is 15.0 Å². The molecule has 0 fully saturated rings. The van der Waals surface area contributed by atoms with Gasteiger partial charge >= 0.3 is 5.97 Å². The Kier molecular flexibility index (Phi) is 6.69. The standard InChI is InChI=1S/C24H28O6S/c1-23(26,15-6-10-17(28-3)11-7-15)19-14-20(22(25)30-5)31-21(19)24(2,27)16-8-12-18(29-4)13-9-16/h6-14,19,21,26-27H,1-5H3. The van der Waals surface area contributed by atoms with Gasteiger partial charge in [-0.05, 0) is 49.2 Å². The number of esters is 1. The van der Waals surface area contributed by atoms with Gasteiger partial charge in [0.15, 0.2) is 0 Å². The number of carbonyl (C=O) groups is 1.